The second kappa shape index (κ2) is 5.28. The van der Waals surface area contributed by atoms with Gasteiger partial charge >= 0.3 is 0 Å². The molecule has 1 heterocycles. The number of benzene rings is 1. The Morgan fingerprint density at radius 2 is 2.05 bits per heavy atom. The third kappa shape index (κ3) is 2.85. The zero-order chi connectivity index (χ0) is 14.0. The predicted octanol–water partition coefficient (Wildman–Crippen LogP) is 3.31. The van der Waals surface area contributed by atoms with E-state index in [0.717, 1.165) is 5.56 Å². The predicted molar refractivity (Wildman–Crippen MR) is 74.8 cm³/mol. The topological polar surface area (TPSA) is 62.2 Å². The number of phenolic OH excluding ortho intramolecular Hbond substituents is 1. The van der Waals surface area contributed by atoms with Crippen LogP contribution in [-0.2, 0) is 0 Å². The Labute approximate surface area is 116 Å². The summed E-state index contributed by atoms with van der Waals surface area (Å²) in [5.74, 6) is -0.400. The normalized spacial score (nSPS) is 10.3. The second-order valence-corrected chi connectivity index (χ2v) is 4.61. The van der Waals surface area contributed by atoms with E-state index < -0.39 is 0 Å². The van der Waals surface area contributed by atoms with E-state index in [-0.39, 0.29) is 17.2 Å². The number of nitrogens with zero attached hydrogens (tertiary/aromatic N) is 1. The van der Waals surface area contributed by atoms with Crippen molar-refractivity contribution in [3.63, 3.8) is 0 Å². The van der Waals surface area contributed by atoms with Crippen LogP contribution in [0.5, 0.6) is 5.75 Å². The van der Waals surface area contributed by atoms with Gasteiger partial charge in [0, 0.05) is 0 Å². The number of anilines is 1. The fourth-order valence-corrected chi connectivity index (χ4v) is 1.77. The standard InChI is InChI=1S/C14H13ClN2O2/c1-8-4-3-5-11(12(8)18)14(19)17-10-6-9(2)13(15)16-7-10/h3-7,18H,1-2H3,(H,17,19). The van der Waals surface area contributed by atoms with Crippen LogP contribution in [0, 0.1) is 13.8 Å². The summed E-state index contributed by atoms with van der Waals surface area (Å²) in [5.41, 5.74) is 2.19. The molecule has 0 aliphatic rings. The zero-order valence-corrected chi connectivity index (χ0v) is 11.3. The fourth-order valence-electron chi connectivity index (χ4n) is 1.67. The van der Waals surface area contributed by atoms with Gasteiger partial charge in [-0.25, -0.2) is 4.98 Å². The first-order valence-corrected chi connectivity index (χ1v) is 6.09. The molecule has 0 spiro atoms. The molecule has 2 rings (SSSR count). The number of para-hydroxylation sites is 1. The van der Waals surface area contributed by atoms with Crippen LogP contribution < -0.4 is 5.32 Å². The monoisotopic (exact) mass is 276 g/mol. The smallest absolute Gasteiger partial charge is 0.259 e. The van der Waals surface area contributed by atoms with E-state index >= 15 is 0 Å². The number of hydrogen-bond donors (Lipinski definition) is 2. The van der Waals surface area contributed by atoms with E-state index in [1.165, 1.54) is 6.20 Å². The van der Waals surface area contributed by atoms with Crippen LogP contribution in [0.25, 0.3) is 0 Å². The van der Waals surface area contributed by atoms with Gasteiger partial charge in [-0.1, -0.05) is 23.7 Å². The highest BCUT2D eigenvalue weighted by molar-refractivity contribution is 6.30. The summed E-state index contributed by atoms with van der Waals surface area (Å²) >= 11 is 5.82. The van der Waals surface area contributed by atoms with Crippen molar-refractivity contribution in [1.82, 2.24) is 4.98 Å². The molecule has 0 bridgehead atoms. The molecule has 2 N–H and O–H groups in total. The number of aromatic hydroxyl groups is 1. The van der Waals surface area contributed by atoms with Crippen LogP contribution in [-0.4, -0.2) is 16.0 Å². The highest BCUT2D eigenvalue weighted by Crippen LogP contribution is 2.23. The minimum absolute atomic E-state index is 0.0151. The molecule has 0 radical (unpaired) electrons. The van der Waals surface area contributed by atoms with Crippen molar-refractivity contribution in [3.05, 3.63) is 52.3 Å². The molecule has 1 amide bonds. The average Bonchev–Trinajstić information content (AvgIpc) is 2.37. The lowest BCUT2D eigenvalue weighted by Crippen LogP contribution is -2.12. The van der Waals surface area contributed by atoms with Crippen molar-refractivity contribution in [2.75, 3.05) is 5.32 Å². The van der Waals surface area contributed by atoms with Gasteiger partial charge in [-0.3, -0.25) is 4.79 Å². The number of aromatic nitrogens is 1. The van der Waals surface area contributed by atoms with Crippen LogP contribution in [0.3, 0.4) is 0 Å². The van der Waals surface area contributed by atoms with E-state index in [4.69, 9.17) is 11.6 Å². The van der Waals surface area contributed by atoms with E-state index in [9.17, 15) is 9.90 Å². The molecule has 19 heavy (non-hydrogen) atoms. The Bertz CT molecular complexity index is 641. The third-order valence-electron chi connectivity index (χ3n) is 2.75. The molecular formula is C14H13ClN2O2. The Morgan fingerprint density at radius 1 is 1.32 bits per heavy atom. The van der Waals surface area contributed by atoms with Gasteiger partial charge in [0.15, 0.2) is 0 Å². The first-order chi connectivity index (χ1) is 8.99. The van der Waals surface area contributed by atoms with E-state index in [1.54, 1.807) is 38.1 Å². The number of pyridine rings is 1. The van der Waals surface area contributed by atoms with Gasteiger partial charge in [-0.15, -0.1) is 0 Å². The van der Waals surface area contributed by atoms with Crippen molar-refractivity contribution >= 4 is 23.2 Å². The Morgan fingerprint density at radius 3 is 2.74 bits per heavy atom. The third-order valence-corrected chi connectivity index (χ3v) is 3.15. The van der Waals surface area contributed by atoms with Crippen LogP contribution in [0.1, 0.15) is 21.5 Å². The number of halogens is 1. The molecule has 0 saturated heterocycles. The lowest BCUT2D eigenvalue weighted by atomic mass is 10.1. The molecule has 0 aliphatic heterocycles. The second-order valence-electron chi connectivity index (χ2n) is 4.26. The van der Waals surface area contributed by atoms with Gasteiger partial charge in [0.25, 0.3) is 5.91 Å². The number of aryl methyl sites for hydroxylation is 2. The number of carbonyl (C=O) groups is 1. The quantitative estimate of drug-likeness (QED) is 0.827. The van der Waals surface area contributed by atoms with Gasteiger partial charge in [0.1, 0.15) is 10.9 Å². The van der Waals surface area contributed by atoms with Gasteiger partial charge in [0.2, 0.25) is 0 Å². The molecule has 4 nitrogen and oxygen atoms in total. The molecular weight excluding hydrogens is 264 g/mol. The highest BCUT2D eigenvalue weighted by atomic mass is 35.5. The van der Waals surface area contributed by atoms with Crippen LogP contribution >= 0.6 is 11.6 Å². The summed E-state index contributed by atoms with van der Waals surface area (Å²) in [4.78, 5) is 16.0. The van der Waals surface area contributed by atoms with E-state index in [1.807, 2.05) is 0 Å². The average molecular weight is 277 g/mol. The largest absolute Gasteiger partial charge is 0.507 e. The van der Waals surface area contributed by atoms with Gasteiger partial charge in [0.05, 0.1) is 17.4 Å². The number of hydrogen-bond acceptors (Lipinski definition) is 3. The minimum Gasteiger partial charge on any atom is -0.507 e. The van der Waals surface area contributed by atoms with Crippen molar-refractivity contribution in [2.45, 2.75) is 13.8 Å². The fraction of sp³-hybridized carbons (Fsp3) is 0.143. The van der Waals surface area contributed by atoms with Crippen molar-refractivity contribution in [2.24, 2.45) is 0 Å². The number of rotatable bonds is 2. The van der Waals surface area contributed by atoms with Crippen LogP contribution in [0.4, 0.5) is 5.69 Å². The Hall–Kier alpha value is -2.07. The summed E-state index contributed by atoms with van der Waals surface area (Å²) in [6, 6.07) is 6.74. The number of nitrogens with one attached hydrogen (secondary N) is 1. The molecule has 0 saturated carbocycles. The van der Waals surface area contributed by atoms with Crippen LogP contribution in [0.2, 0.25) is 5.15 Å². The summed E-state index contributed by atoms with van der Waals surface area (Å²) in [5, 5.41) is 12.9. The van der Waals surface area contributed by atoms with E-state index in [2.05, 4.69) is 10.3 Å². The zero-order valence-electron chi connectivity index (χ0n) is 10.6. The Kier molecular flexibility index (Phi) is 3.71. The molecule has 1 aromatic carbocycles. The number of carbonyl (C=O) groups excluding carboxylic acids is 1. The summed E-state index contributed by atoms with van der Waals surface area (Å²) in [6.07, 6.45) is 1.47. The van der Waals surface area contributed by atoms with Crippen molar-refractivity contribution in [1.29, 1.82) is 0 Å². The number of phenols is 1. The molecule has 1 aromatic heterocycles. The van der Waals surface area contributed by atoms with Crippen molar-refractivity contribution < 1.29 is 9.90 Å². The SMILES string of the molecule is Cc1cc(NC(=O)c2cccc(C)c2O)cnc1Cl. The van der Waals surface area contributed by atoms with Gasteiger partial charge < -0.3 is 10.4 Å². The maximum atomic E-state index is 12.1. The van der Waals surface area contributed by atoms with Crippen LogP contribution in [0.15, 0.2) is 30.5 Å². The lowest BCUT2D eigenvalue weighted by molar-refractivity contribution is 0.102. The highest BCUT2D eigenvalue weighted by Gasteiger charge is 2.13. The molecule has 5 heteroatoms. The summed E-state index contributed by atoms with van der Waals surface area (Å²) < 4.78 is 0. The number of amides is 1. The van der Waals surface area contributed by atoms with E-state index in [0.29, 0.717) is 16.4 Å². The van der Waals surface area contributed by atoms with Crippen molar-refractivity contribution in [3.8, 4) is 5.75 Å². The maximum absolute atomic E-state index is 12.1. The molecule has 2 aromatic rings. The Balaban J connectivity index is 2.26. The molecule has 0 atom stereocenters. The van der Waals surface area contributed by atoms with Gasteiger partial charge in [-0.2, -0.15) is 0 Å². The first-order valence-electron chi connectivity index (χ1n) is 5.71. The molecule has 98 valence electrons. The molecule has 0 fully saturated rings. The summed E-state index contributed by atoms with van der Waals surface area (Å²) in [7, 11) is 0. The van der Waals surface area contributed by atoms with Gasteiger partial charge in [-0.05, 0) is 37.1 Å². The minimum atomic E-state index is -0.385. The lowest BCUT2D eigenvalue weighted by Gasteiger charge is -2.09. The molecule has 0 aliphatic carbocycles. The maximum Gasteiger partial charge on any atom is 0.259 e. The summed E-state index contributed by atoms with van der Waals surface area (Å²) in [6.45, 7) is 3.54. The first kappa shape index (κ1) is 13.4. The molecule has 0 unspecified atom stereocenters.